The van der Waals surface area contributed by atoms with Crippen LogP contribution in [0.1, 0.15) is 21.5 Å². The summed E-state index contributed by atoms with van der Waals surface area (Å²) in [5.74, 6) is -0.284. The van der Waals surface area contributed by atoms with Crippen molar-refractivity contribution >= 4 is 32.3 Å². The highest BCUT2D eigenvalue weighted by Gasteiger charge is 2.15. The number of aromatic nitrogens is 4. The zero-order chi connectivity index (χ0) is 24.6. The number of fused-ring (bicyclic) bond motifs is 3. The van der Waals surface area contributed by atoms with Crippen molar-refractivity contribution in [1.29, 1.82) is 0 Å². The summed E-state index contributed by atoms with van der Waals surface area (Å²) in [5.41, 5.74) is 3.35. The molecule has 1 amide bonds. The van der Waals surface area contributed by atoms with Gasteiger partial charge in [0.05, 0.1) is 28.7 Å². The molecular formula is C25H21N5O4S. The highest BCUT2D eigenvalue weighted by atomic mass is 32.2. The summed E-state index contributed by atoms with van der Waals surface area (Å²) in [6, 6.07) is 16.8. The van der Waals surface area contributed by atoms with Crippen LogP contribution in [0, 0.1) is 0 Å². The second kappa shape index (κ2) is 8.80. The molecule has 0 aliphatic carbocycles. The molecular weight excluding hydrogens is 466 g/mol. The third-order valence-corrected chi connectivity index (χ3v) is 6.86. The van der Waals surface area contributed by atoms with Gasteiger partial charge in [0.25, 0.3) is 11.5 Å². The number of carbonyl (C=O) groups is 1. The Kier molecular flexibility index (Phi) is 5.65. The van der Waals surface area contributed by atoms with Gasteiger partial charge in [0.1, 0.15) is 5.52 Å². The van der Waals surface area contributed by atoms with Crippen molar-refractivity contribution in [3.8, 4) is 0 Å². The van der Waals surface area contributed by atoms with E-state index in [1.807, 2.05) is 6.07 Å². The normalized spacial score (nSPS) is 11.7. The fourth-order valence-corrected chi connectivity index (χ4v) is 4.56. The summed E-state index contributed by atoms with van der Waals surface area (Å²) >= 11 is 0. The van der Waals surface area contributed by atoms with Gasteiger partial charge in [-0.05, 0) is 53.6 Å². The minimum absolute atomic E-state index is 0.196. The molecule has 0 unspecified atom stereocenters. The molecule has 5 aromatic rings. The first kappa shape index (κ1) is 22.5. The molecule has 0 aliphatic rings. The Morgan fingerprint density at radius 1 is 0.943 bits per heavy atom. The van der Waals surface area contributed by atoms with Gasteiger partial charge in [-0.1, -0.05) is 18.2 Å². The number of rotatable bonds is 6. The maximum absolute atomic E-state index is 13.3. The third kappa shape index (κ3) is 4.43. The highest BCUT2D eigenvalue weighted by Crippen LogP contribution is 2.19. The molecule has 0 atom stereocenters. The van der Waals surface area contributed by atoms with E-state index in [-0.39, 0.29) is 22.9 Å². The van der Waals surface area contributed by atoms with Gasteiger partial charge in [-0.3, -0.25) is 14.6 Å². The summed E-state index contributed by atoms with van der Waals surface area (Å²) in [4.78, 5) is 30.4. The quantitative estimate of drug-likeness (QED) is 0.393. The fourth-order valence-electron chi connectivity index (χ4n) is 3.93. The Balaban J connectivity index is 1.55. The van der Waals surface area contributed by atoms with Gasteiger partial charge >= 0.3 is 0 Å². The van der Waals surface area contributed by atoms with Crippen LogP contribution in [0.2, 0.25) is 0 Å². The Morgan fingerprint density at radius 3 is 2.46 bits per heavy atom. The number of carbonyl (C=O) groups excluding carboxylic acids is 1. The number of hydrogen-bond acceptors (Lipinski definition) is 6. The first-order chi connectivity index (χ1) is 16.8. The van der Waals surface area contributed by atoms with E-state index in [4.69, 9.17) is 0 Å². The average Bonchev–Trinajstić information content (AvgIpc) is 3.36. The number of pyridine rings is 1. The maximum atomic E-state index is 13.3. The number of benzene rings is 2. The predicted molar refractivity (Wildman–Crippen MR) is 131 cm³/mol. The van der Waals surface area contributed by atoms with E-state index in [1.54, 1.807) is 70.1 Å². The number of nitrogens with one attached hydrogen (secondary N) is 1. The van der Waals surface area contributed by atoms with Crippen molar-refractivity contribution in [1.82, 2.24) is 24.5 Å². The Labute approximate surface area is 200 Å². The van der Waals surface area contributed by atoms with Crippen LogP contribution in [0.3, 0.4) is 0 Å². The zero-order valence-electron chi connectivity index (χ0n) is 18.7. The minimum atomic E-state index is -3.33. The molecule has 2 aromatic carbocycles. The van der Waals surface area contributed by atoms with E-state index in [2.05, 4.69) is 15.4 Å². The lowest BCUT2D eigenvalue weighted by atomic mass is 10.1. The average molecular weight is 488 g/mol. The first-order valence-corrected chi connectivity index (χ1v) is 12.7. The standard InChI is InChI=1S/C25H21N5O4S/c1-35(33,34)20-7-4-17(5-8-20)16-29-23-13-19(24(31)27-15-18-3-2-11-26-14-18)6-9-21(23)30-22(25(29)32)10-12-28-30/h2-14H,15-16H2,1H3,(H,27,31). The largest absolute Gasteiger partial charge is 0.348 e. The monoisotopic (exact) mass is 487 g/mol. The van der Waals surface area contributed by atoms with Gasteiger partial charge in [-0.25, -0.2) is 12.9 Å². The van der Waals surface area contributed by atoms with Crippen LogP contribution in [-0.4, -0.2) is 39.7 Å². The molecule has 3 aromatic heterocycles. The molecule has 0 aliphatic heterocycles. The van der Waals surface area contributed by atoms with Crippen molar-refractivity contribution in [2.75, 3.05) is 6.26 Å². The maximum Gasteiger partial charge on any atom is 0.277 e. The van der Waals surface area contributed by atoms with Crippen molar-refractivity contribution in [3.05, 3.63) is 106 Å². The van der Waals surface area contributed by atoms with Crippen molar-refractivity contribution in [2.45, 2.75) is 18.0 Å². The van der Waals surface area contributed by atoms with Crippen molar-refractivity contribution < 1.29 is 13.2 Å². The Bertz CT molecular complexity index is 1720. The molecule has 0 saturated heterocycles. The molecule has 0 saturated carbocycles. The predicted octanol–water partition coefficient (Wildman–Crippen LogP) is 2.43. The Morgan fingerprint density at radius 2 is 1.74 bits per heavy atom. The smallest absolute Gasteiger partial charge is 0.277 e. The van der Waals surface area contributed by atoms with Gasteiger partial charge in [0.15, 0.2) is 9.84 Å². The first-order valence-electron chi connectivity index (χ1n) is 10.8. The second-order valence-electron chi connectivity index (χ2n) is 8.18. The molecule has 1 N–H and O–H groups in total. The number of amides is 1. The Hall–Kier alpha value is -4.31. The third-order valence-electron chi connectivity index (χ3n) is 5.73. The number of hydrogen-bond donors (Lipinski definition) is 1. The van der Waals surface area contributed by atoms with E-state index in [0.29, 0.717) is 28.7 Å². The SMILES string of the molecule is CS(=O)(=O)c1ccc(Cn2c(=O)c3ccnn3c3ccc(C(=O)NCc4cccnc4)cc32)cc1. The second-order valence-corrected chi connectivity index (χ2v) is 10.2. The summed E-state index contributed by atoms with van der Waals surface area (Å²) < 4.78 is 26.7. The van der Waals surface area contributed by atoms with Crippen LogP contribution in [-0.2, 0) is 22.9 Å². The van der Waals surface area contributed by atoms with Gasteiger partial charge in [0.2, 0.25) is 0 Å². The molecule has 0 radical (unpaired) electrons. The van der Waals surface area contributed by atoms with Crippen LogP contribution < -0.4 is 10.9 Å². The van der Waals surface area contributed by atoms with E-state index >= 15 is 0 Å². The molecule has 35 heavy (non-hydrogen) atoms. The van der Waals surface area contributed by atoms with Crippen molar-refractivity contribution in [3.63, 3.8) is 0 Å². The lowest BCUT2D eigenvalue weighted by Gasteiger charge is -2.14. The number of sulfone groups is 1. The minimum Gasteiger partial charge on any atom is -0.348 e. The van der Waals surface area contributed by atoms with Crippen LogP contribution in [0.25, 0.3) is 16.6 Å². The zero-order valence-corrected chi connectivity index (χ0v) is 19.6. The molecule has 3 heterocycles. The summed E-state index contributed by atoms with van der Waals surface area (Å²) in [6.45, 7) is 0.518. The van der Waals surface area contributed by atoms with E-state index < -0.39 is 9.84 Å². The topological polar surface area (TPSA) is 115 Å². The van der Waals surface area contributed by atoms with E-state index in [9.17, 15) is 18.0 Å². The molecule has 0 spiro atoms. The van der Waals surface area contributed by atoms with Gasteiger partial charge < -0.3 is 9.88 Å². The van der Waals surface area contributed by atoms with Gasteiger partial charge in [0, 0.05) is 30.8 Å². The summed E-state index contributed by atoms with van der Waals surface area (Å²) in [6.07, 6.45) is 6.05. The van der Waals surface area contributed by atoms with Gasteiger partial charge in [-0.2, -0.15) is 5.10 Å². The lowest BCUT2D eigenvalue weighted by molar-refractivity contribution is 0.0951. The molecule has 0 fully saturated rings. The molecule has 10 heteroatoms. The van der Waals surface area contributed by atoms with Crippen LogP contribution in [0.5, 0.6) is 0 Å². The van der Waals surface area contributed by atoms with Crippen LogP contribution >= 0.6 is 0 Å². The van der Waals surface area contributed by atoms with Gasteiger partial charge in [-0.15, -0.1) is 0 Å². The molecule has 176 valence electrons. The van der Waals surface area contributed by atoms with Crippen molar-refractivity contribution in [2.24, 2.45) is 0 Å². The van der Waals surface area contributed by atoms with Crippen LogP contribution in [0.15, 0.2) is 88.9 Å². The van der Waals surface area contributed by atoms with E-state index in [0.717, 1.165) is 17.4 Å². The molecule has 0 bridgehead atoms. The highest BCUT2D eigenvalue weighted by molar-refractivity contribution is 7.90. The molecule has 9 nitrogen and oxygen atoms in total. The lowest BCUT2D eigenvalue weighted by Crippen LogP contribution is -2.25. The summed E-state index contributed by atoms with van der Waals surface area (Å²) in [5, 5.41) is 7.14. The molecule has 5 rings (SSSR count). The van der Waals surface area contributed by atoms with E-state index in [1.165, 1.54) is 12.1 Å². The fraction of sp³-hybridized carbons (Fsp3) is 0.120. The summed E-state index contributed by atoms with van der Waals surface area (Å²) in [7, 11) is -3.33. The van der Waals surface area contributed by atoms with Crippen LogP contribution in [0.4, 0.5) is 0 Å². The number of nitrogens with zero attached hydrogens (tertiary/aromatic N) is 4.